The van der Waals surface area contributed by atoms with Crippen LogP contribution in [0.3, 0.4) is 0 Å². The standard InChI is InChI=1S/C11H23N3O4/c1-3-9(10(12)14-16)11(15)13-5-4-6-18-8-7-17-2/h9,16H,3-8H2,1-2H3,(H2,12,14)(H,13,15). The molecule has 4 N–H and O–H groups in total. The fourth-order valence-corrected chi connectivity index (χ4v) is 1.35. The molecule has 0 saturated heterocycles. The Morgan fingerprint density at radius 3 is 2.72 bits per heavy atom. The van der Waals surface area contributed by atoms with Crippen molar-refractivity contribution in [1.82, 2.24) is 5.32 Å². The SMILES string of the molecule is CCC(C(=O)NCCCOCCOC)C(N)=NO. The average molecular weight is 261 g/mol. The summed E-state index contributed by atoms with van der Waals surface area (Å²) in [6, 6.07) is 0. The lowest BCUT2D eigenvalue weighted by atomic mass is 10.0. The van der Waals surface area contributed by atoms with Crippen molar-refractivity contribution >= 4 is 11.7 Å². The molecular weight excluding hydrogens is 238 g/mol. The Morgan fingerprint density at radius 1 is 1.44 bits per heavy atom. The molecule has 0 aromatic rings. The van der Waals surface area contributed by atoms with Gasteiger partial charge in [-0.25, -0.2) is 0 Å². The molecule has 0 fully saturated rings. The van der Waals surface area contributed by atoms with Crippen molar-refractivity contribution in [1.29, 1.82) is 0 Å². The predicted molar refractivity (Wildman–Crippen MR) is 67.5 cm³/mol. The van der Waals surface area contributed by atoms with Gasteiger partial charge in [-0.1, -0.05) is 12.1 Å². The van der Waals surface area contributed by atoms with Gasteiger partial charge in [0.2, 0.25) is 5.91 Å². The van der Waals surface area contributed by atoms with Gasteiger partial charge < -0.3 is 25.7 Å². The topological polar surface area (TPSA) is 106 Å². The normalized spacial score (nSPS) is 13.3. The second-order valence-electron chi connectivity index (χ2n) is 3.74. The van der Waals surface area contributed by atoms with Crippen LogP contribution in [0, 0.1) is 5.92 Å². The molecular formula is C11H23N3O4. The van der Waals surface area contributed by atoms with Crippen molar-refractivity contribution < 1.29 is 19.5 Å². The molecule has 1 unspecified atom stereocenters. The molecule has 106 valence electrons. The van der Waals surface area contributed by atoms with Gasteiger partial charge in [0.15, 0.2) is 5.84 Å². The minimum atomic E-state index is -0.579. The summed E-state index contributed by atoms with van der Waals surface area (Å²) in [4.78, 5) is 11.7. The predicted octanol–water partition coefficient (Wildman–Crippen LogP) is -0.0717. The van der Waals surface area contributed by atoms with E-state index in [1.165, 1.54) is 0 Å². The fourth-order valence-electron chi connectivity index (χ4n) is 1.35. The van der Waals surface area contributed by atoms with E-state index in [0.717, 1.165) is 0 Å². The van der Waals surface area contributed by atoms with Gasteiger partial charge in [0.05, 0.1) is 19.1 Å². The maximum Gasteiger partial charge on any atom is 0.230 e. The van der Waals surface area contributed by atoms with Crippen LogP contribution in [0.5, 0.6) is 0 Å². The number of hydrogen-bond acceptors (Lipinski definition) is 5. The number of carbonyl (C=O) groups excluding carboxylic acids is 1. The van der Waals surface area contributed by atoms with Gasteiger partial charge in [-0.05, 0) is 12.8 Å². The van der Waals surface area contributed by atoms with Gasteiger partial charge in [0.1, 0.15) is 0 Å². The molecule has 7 nitrogen and oxygen atoms in total. The number of rotatable bonds is 10. The van der Waals surface area contributed by atoms with E-state index in [2.05, 4.69) is 10.5 Å². The molecule has 0 aromatic heterocycles. The molecule has 0 rings (SSSR count). The number of nitrogens with two attached hydrogens (primary N) is 1. The van der Waals surface area contributed by atoms with Crippen molar-refractivity contribution in [2.75, 3.05) is 33.5 Å². The Hall–Kier alpha value is -1.34. The average Bonchev–Trinajstić information content (AvgIpc) is 2.38. The van der Waals surface area contributed by atoms with Gasteiger partial charge in [-0.3, -0.25) is 4.79 Å². The number of nitrogens with zero attached hydrogens (tertiary/aromatic N) is 1. The van der Waals surface area contributed by atoms with Crippen LogP contribution in [0.2, 0.25) is 0 Å². The third-order valence-electron chi connectivity index (χ3n) is 2.39. The number of amides is 1. The molecule has 0 spiro atoms. The van der Waals surface area contributed by atoms with Crippen LogP contribution >= 0.6 is 0 Å². The molecule has 0 aliphatic carbocycles. The van der Waals surface area contributed by atoms with Crippen LogP contribution in [0.15, 0.2) is 5.16 Å². The fraction of sp³-hybridized carbons (Fsp3) is 0.818. The van der Waals surface area contributed by atoms with E-state index in [1.807, 2.05) is 0 Å². The summed E-state index contributed by atoms with van der Waals surface area (Å²) in [5.74, 6) is -0.875. The summed E-state index contributed by atoms with van der Waals surface area (Å²) in [6.45, 7) is 3.97. The first-order valence-electron chi connectivity index (χ1n) is 5.99. The van der Waals surface area contributed by atoms with Gasteiger partial charge in [0.25, 0.3) is 0 Å². The minimum Gasteiger partial charge on any atom is -0.409 e. The number of carbonyl (C=O) groups is 1. The van der Waals surface area contributed by atoms with Crippen LogP contribution in [0.25, 0.3) is 0 Å². The Balaban J connectivity index is 3.69. The Kier molecular flexibility index (Phi) is 9.99. The summed E-state index contributed by atoms with van der Waals surface area (Å²) in [5.41, 5.74) is 5.41. The molecule has 0 aliphatic heterocycles. The van der Waals surface area contributed by atoms with Crippen LogP contribution in [0.4, 0.5) is 0 Å². The minimum absolute atomic E-state index is 0.0636. The van der Waals surface area contributed by atoms with E-state index in [-0.39, 0.29) is 11.7 Å². The van der Waals surface area contributed by atoms with E-state index in [1.54, 1.807) is 14.0 Å². The lowest BCUT2D eigenvalue weighted by Gasteiger charge is -2.13. The smallest absolute Gasteiger partial charge is 0.230 e. The maximum atomic E-state index is 11.7. The number of methoxy groups -OCH3 is 1. The quantitative estimate of drug-likeness (QED) is 0.168. The number of amidine groups is 1. The highest BCUT2D eigenvalue weighted by molar-refractivity contribution is 6.01. The van der Waals surface area contributed by atoms with Crippen LogP contribution in [-0.2, 0) is 14.3 Å². The molecule has 0 aromatic carbocycles. The first-order chi connectivity index (χ1) is 8.67. The van der Waals surface area contributed by atoms with Crippen molar-refractivity contribution in [3.8, 4) is 0 Å². The summed E-state index contributed by atoms with van der Waals surface area (Å²) in [6.07, 6.45) is 1.20. The molecule has 18 heavy (non-hydrogen) atoms. The van der Waals surface area contributed by atoms with Gasteiger partial charge in [0, 0.05) is 20.3 Å². The van der Waals surface area contributed by atoms with E-state index >= 15 is 0 Å². The third kappa shape index (κ3) is 7.08. The Labute approximate surface area is 107 Å². The molecule has 0 aliphatic rings. The first kappa shape index (κ1) is 16.7. The van der Waals surface area contributed by atoms with E-state index < -0.39 is 5.92 Å². The molecule has 0 bridgehead atoms. The highest BCUT2D eigenvalue weighted by Crippen LogP contribution is 2.02. The third-order valence-corrected chi connectivity index (χ3v) is 2.39. The van der Waals surface area contributed by atoms with Gasteiger partial charge in [-0.2, -0.15) is 0 Å². The zero-order chi connectivity index (χ0) is 13.8. The highest BCUT2D eigenvalue weighted by Gasteiger charge is 2.20. The van der Waals surface area contributed by atoms with Crippen LogP contribution in [-0.4, -0.2) is 50.4 Å². The number of nitrogens with one attached hydrogen (secondary N) is 1. The second-order valence-corrected chi connectivity index (χ2v) is 3.74. The van der Waals surface area contributed by atoms with Gasteiger partial charge >= 0.3 is 0 Å². The maximum absolute atomic E-state index is 11.7. The molecule has 1 atom stereocenters. The Morgan fingerprint density at radius 2 is 2.17 bits per heavy atom. The largest absolute Gasteiger partial charge is 0.409 e. The molecule has 1 amide bonds. The first-order valence-corrected chi connectivity index (χ1v) is 5.99. The lowest BCUT2D eigenvalue weighted by Crippen LogP contribution is -2.39. The van der Waals surface area contributed by atoms with E-state index in [0.29, 0.717) is 39.2 Å². The highest BCUT2D eigenvalue weighted by atomic mass is 16.5. The molecule has 0 radical (unpaired) electrons. The molecule has 0 heterocycles. The van der Waals surface area contributed by atoms with Crippen molar-refractivity contribution in [2.24, 2.45) is 16.8 Å². The second kappa shape index (κ2) is 10.8. The van der Waals surface area contributed by atoms with Crippen LogP contribution < -0.4 is 11.1 Å². The summed E-state index contributed by atoms with van der Waals surface area (Å²) < 4.78 is 10.1. The van der Waals surface area contributed by atoms with Crippen LogP contribution in [0.1, 0.15) is 19.8 Å². The zero-order valence-electron chi connectivity index (χ0n) is 11.0. The summed E-state index contributed by atoms with van der Waals surface area (Å²) in [5, 5.41) is 14.1. The lowest BCUT2D eigenvalue weighted by molar-refractivity contribution is -0.123. The number of ether oxygens (including phenoxy) is 2. The summed E-state index contributed by atoms with van der Waals surface area (Å²) >= 11 is 0. The van der Waals surface area contributed by atoms with Crippen molar-refractivity contribution in [3.63, 3.8) is 0 Å². The van der Waals surface area contributed by atoms with E-state index in [9.17, 15) is 4.79 Å². The zero-order valence-corrected chi connectivity index (χ0v) is 11.0. The molecule has 0 saturated carbocycles. The Bertz CT molecular complexity index is 259. The number of oxime groups is 1. The van der Waals surface area contributed by atoms with E-state index in [4.69, 9.17) is 20.4 Å². The monoisotopic (exact) mass is 261 g/mol. The molecule has 7 heteroatoms. The summed E-state index contributed by atoms with van der Waals surface area (Å²) in [7, 11) is 1.61. The number of hydrogen-bond donors (Lipinski definition) is 3. The van der Waals surface area contributed by atoms with Gasteiger partial charge in [-0.15, -0.1) is 0 Å². The van der Waals surface area contributed by atoms with Crippen molar-refractivity contribution in [3.05, 3.63) is 0 Å². The van der Waals surface area contributed by atoms with Crippen molar-refractivity contribution in [2.45, 2.75) is 19.8 Å².